The fourth-order valence-electron chi connectivity index (χ4n) is 2.50. The van der Waals surface area contributed by atoms with E-state index < -0.39 is 4.92 Å². The van der Waals surface area contributed by atoms with E-state index in [4.69, 9.17) is 0 Å². The highest BCUT2D eigenvalue weighted by Gasteiger charge is 2.17. The summed E-state index contributed by atoms with van der Waals surface area (Å²) >= 11 is 0. The highest BCUT2D eigenvalue weighted by Crippen LogP contribution is 2.24. The van der Waals surface area contributed by atoms with Gasteiger partial charge < -0.3 is 0 Å². The minimum absolute atomic E-state index is 0.0649. The molecular weight excluding hydrogens is 266 g/mol. The number of nitrogens with zero attached hydrogens (tertiary/aromatic N) is 2. The molecule has 0 fully saturated rings. The molecule has 21 heavy (non-hydrogen) atoms. The number of aryl methyl sites for hydroxylation is 2. The van der Waals surface area contributed by atoms with Gasteiger partial charge in [-0.15, -0.1) is 0 Å². The SMILES string of the molecule is Cc1ccc([N+](=O)[O-])cc1NN=C1CCc2ccccc21. The van der Waals surface area contributed by atoms with Crippen molar-refractivity contribution in [3.63, 3.8) is 0 Å². The Hall–Kier alpha value is -2.69. The molecular formula is C16H15N3O2. The van der Waals surface area contributed by atoms with Crippen molar-refractivity contribution >= 4 is 17.1 Å². The maximum absolute atomic E-state index is 10.8. The Morgan fingerprint density at radius 1 is 1.19 bits per heavy atom. The molecule has 0 aromatic heterocycles. The molecule has 0 saturated carbocycles. The molecule has 106 valence electrons. The number of rotatable bonds is 3. The van der Waals surface area contributed by atoms with E-state index >= 15 is 0 Å². The summed E-state index contributed by atoms with van der Waals surface area (Å²) in [6.45, 7) is 1.90. The first kappa shape index (κ1) is 13.3. The van der Waals surface area contributed by atoms with Crippen LogP contribution in [0.4, 0.5) is 11.4 Å². The molecule has 5 nitrogen and oxygen atoms in total. The first-order valence-electron chi connectivity index (χ1n) is 6.81. The molecule has 1 aliphatic rings. The number of non-ortho nitro benzene ring substituents is 1. The molecule has 0 amide bonds. The average molecular weight is 281 g/mol. The zero-order valence-electron chi connectivity index (χ0n) is 11.7. The van der Waals surface area contributed by atoms with Gasteiger partial charge in [-0.1, -0.05) is 30.3 Å². The molecule has 0 unspecified atom stereocenters. The van der Waals surface area contributed by atoms with Gasteiger partial charge in [0.2, 0.25) is 0 Å². The molecule has 0 aliphatic heterocycles. The van der Waals surface area contributed by atoms with Crippen LogP contribution >= 0.6 is 0 Å². The van der Waals surface area contributed by atoms with Gasteiger partial charge in [0, 0.05) is 17.7 Å². The Morgan fingerprint density at radius 2 is 2.00 bits per heavy atom. The topological polar surface area (TPSA) is 67.5 Å². The van der Waals surface area contributed by atoms with Gasteiger partial charge in [-0.25, -0.2) is 0 Å². The maximum Gasteiger partial charge on any atom is 0.271 e. The predicted molar refractivity (Wildman–Crippen MR) is 82.8 cm³/mol. The number of anilines is 1. The number of fused-ring (bicyclic) bond motifs is 1. The van der Waals surface area contributed by atoms with E-state index in [0.717, 1.165) is 29.7 Å². The van der Waals surface area contributed by atoms with E-state index in [9.17, 15) is 10.1 Å². The van der Waals surface area contributed by atoms with Crippen LogP contribution in [0.15, 0.2) is 47.6 Å². The average Bonchev–Trinajstić information content (AvgIpc) is 2.89. The fourth-order valence-corrected chi connectivity index (χ4v) is 2.50. The van der Waals surface area contributed by atoms with Crippen molar-refractivity contribution < 1.29 is 4.92 Å². The Bertz CT molecular complexity index is 738. The van der Waals surface area contributed by atoms with Crippen molar-refractivity contribution in [2.24, 2.45) is 5.10 Å². The van der Waals surface area contributed by atoms with Crippen LogP contribution in [-0.2, 0) is 6.42 Å². The van der Waals surface area contributed by atoms with Crippen LogP contribution in [0.3, 0.4) is 0 Å². The lowest BCUT2D eigenvalue weighted by Crippen LogP contribution is -2.01. The lowest BCUT2D eigenvalue weighted by molar-refractivity contribution is -0.384. The van der Waals surface area contributed by atoms with Crippen molar-refractivity contribution in [1.82, 2.24) is 0 Å². The third-order valence-corrected chi connectivity index (χ3v) is 3.70. The van der Waals surface area contributed by atoms with Gasteiger partial charge in [0.05, 0.1) is 16.3 Å². The molecule has 0 spiro atoms. The normalized spacial score (nSPS) is 15.0. The predicted octanol–water partition coefficient (Wildman–Crippen LogP) is 3.67. The molecule has 5 heteroatoms. The van der Waals surface area contributed by atoms with Crippen LogP contribution < -0.4 is 5.43 Å². The van der Waals surface area contributed by atoms with Gasteiger partial charge >= 0.3 is 0 Å². The molecule has 2 aromatic rings. The summed E-state index contributed by atoms with van der Waals surface area (Å²) in [5.74, 6) is 0. The molecule has 0 bridgehead atoms. The summed E-state index contributed by atoms with van der Waals surface area (Å²) in [6.07, 6.45) is 1.88. The number of nitro groups is 1. The molecule has 1 N–H and O–H groups in total. The van der Waals surface area contributed by atoms with Gasteiger partial charge in [-0.2, -0.15) is 5.10 Å². The van der Waals surface area contributed by atoms with Gasteiger partial charge in [-0.3, -0.25) is 15.5 Å². The fraction of sp³-hybridized carbons (Fsp3) is 0.188. The Morgan fingerprint density at radius 3 is 2.81 bits per heavy atom. The molecule has 2 aromatic carbocycles. The Labute approximate surface area is 122 Å². The molecule has 0 saturated heterocycles. The van der Waals surface area contributed by atoms with E-state index in [-0.39, 0.29) is 5.69 Å². The summed E-state index contributed by atoms with van der Waals surface area (Å²) in [6, 6.07) is 12.9. The molecule has 1 aliphatic carbocycles. The van der Waals surface area contributed by atoms with Crippen LogP contribution in [0.2, 0.25) is 0 Å². The van der Waals surface area contributed by atoms with Gasteiger partial charge in [0.25, 0.3) is 5.69 Å². The second-order valence-corrected chi connectivity index (χ2v) is 5.08. The summed E-state index contributed by atoms with van der Waals surface area (Å²) in [7, 11) is 0. The smallest absolute Gasteiger partial charge is 0.271 e. The number of hydrogen-bond donors (Lipinski definition) is 1. The van der Waals surface area contributed by atoms with Gasteiger partial charge in [0.15, 0.2) is 0 Å². The molecule has 0 atom stereocenters. The highest BCUT2D eigenvalue weighted by atomic mass is 16.6. The molecule has 0 heterocycles. The second kappa shape index (κ2) is 5.36. The van der Waals surface area contributed by atoms with E-state index in [1.165, 1.54) is 17.7 Å². The first-order chi connectivity index (χ1) is 10.1. The number of benzene rings is 2. The van der Waals surface area contributed by atoms with Crippen molar-refractivity contribution in [3.8, 4) is 0 Å². The lowest BCUT2D eigenvalue weighted by atomic mass is 10.1. The van der Waals surface area contributed by atoms with E-state index in [2.05, 4.69) is 22.7 Å². The second-order valence-electron chi connectivity index (χ2n) is 5.08. The minimum atomic E-state index is -0.400. The quantitative estimate of drug-likeness (QED) is 0.689. The standard InChI is InChI=1S/C16H15N3O2/c1-11-6-8-13(19(20)21)10-16(11)18-17-15-9-7-12-4-2-3-5-14(12)15/h2-6,8,10,18H,7,9H2,1H3. The van der Waals surface area contributed by atoms with Crippen molar-refractivity contribution in [2.45, 2.75) is 19.8 Å². The van der Waals surface area contributed by atoms with Crippen LogP contribution in [0.1, 0.15) is 23.1 Å². The Kier molecular flexibility index (Phi) is 3.39. The summed E-state index contributed by atoms with van der Waals surface area (Å²) < 4.78 is 0. The van der Waals surface area contributed by atoms with Crippen LogP contribution in [-0.4, -0.2) is 10.6 Å². The van der Waals surface area contributed by atoms with Gasteiger partial charge in [0.1, 0.15) is 0 Å². The number of hydrazone groups is 1. The monoisotopic (exact) mass is 281 g/mol. The van der Waals surface area contributed by atoms with Crippen LogP contribution in [0.5, 0.6) is 0 Å². The summed E-state index contributed by atoms with van der Waals surface area (Å²) in [5, 5.41) is 15.3. The molecule has 0 radical (unpaired) electrons. The van der Waals surface area contributed by atoms with E-state index in [1.54, 1.807) is 6.07 Å². The van der Waals surface area contributed by atoms with Crippen molar-refractivity contribution in [2.75, 3.05) is 5.43 Å². The largest absolute Gasteiger partial charge is 0.278 e. The first-order valence-corrected chi connectivity index (χ1v) is 6.81. The summed E-state index contributed by atoms with van der Waals surface area (Å²) in [5.41, 5.74) is 8.09. The zero-order valence-corrected chi connectivity index (χ0v) is 11.7. The third kappa shape index (κ3) is 2.63. The number of nitrogens with one attached hydrogen (secondary N) is 1. The van der Waals surface area contributed by atoms with Gasteiger partial charge in [-0.05, 0) is 30.9 Å². The van der Waals surface area contributed by atoms with Crippen molar-refractivity contribution in [1.29, 1.82) is 0 Å². The van der Waals surface area contributed by atoms with Crippen LogP contribution in [0, 0.1) is 17.0 Å². The Balaban J connectivity index is 1.87. The zero-order chi connectivity index (χ0) is 14.8. The highest BCUT2D eigenvalue weighted by molar-refractivity contribution is 6.04. The third-order valence-electron chi connectivity index (χ3n) is 3.70. The summed E-state index contributed by atoms with van der Waals surface area (Å²) in [4.78, 5) is 10.4. The van der Waals surface area contributed by atoms with E-state index in [0.29, 0.717) is 5.69 Å². The number of hydrogen-bond acceptors (Lipinski definition) is 4. The lowest BCUT2D eigenvalue weighted by Gasteiger charge is -2.06. The van der Waals surface area contributed by atoms with Crippen molar-refractivity contribution in [3.05, 3.63) is 69.3 Å². The molecule has 3 rings (SSSR count). The van der Waals surface area contributed by atoms with E-state index in [1.807, 2.05) is 19.1 Å². The minimum Gasteiger partial charge on any atom is -0.278 e. The maximum atomic E-state index is 10.8. The van der Waals surface area contributed by atoms with Crippen LogP contribution in [0.25, 0.3) is 0 Å². The number of nitro benzene ring substituents is 1.